The Kier molecular flexibility index (Phi) is 3.50. The van der Waals surface area contributed by atoms with Crippen LogP contribution in [0.25, 0.3) is 5.52 Å². The van der Waals surface area contributed by atoms with Crippen LogP contribution in [0.15, 0.2) is 30.5 Å². The van der Waals surface area contributed by atoms with E-state index in [1.807, 2.05) is 48.7 Å². The van der Waals surface area contributed by atoms with Gasteiger partial charge in [0.1, 0.15) is 0 Å². The summed E-state index contributed by atoms with van der Waals surface area (Å²) in [5.74, 6) is -0.391. The average molecular weight is 237 g/mol. The number of amides is 1. The number of hydrogen-bond acceptors (Lipinski definition) is 1. The van der Waals surface area contributed by atoms with Gasteiger partial charge >= 0.3 is 5.91 Å². The summed E-state index contributed by atoms with van der Waals surface area (Å²) >= 11 is 0. The lowest BCUT2D eigenvalue weighted by atomic mass is 10.1. The van der Waals surface area contributed by atoms with Gasteiger partial charge < -0.3 is 18.1 Å². The maximum absolute atomic E-state index is 11.4. The number of rotatable bonds is 1. The molecule has 2 aromatic heterocycles. The van der Waals surface area contributed by atoms with E-state index in [4.69, 9.17) is 5.73 Å². The van der Waals surface area contributed by atoms with Crippen molar-refractivity contribution in [1.82, 2.24) is 0 Å². The zero-order valence-corrected chi connectivity index (χ0v) is 9.95. The number of pyridine rings is 2. The Bertz CT molecular complexity index is 552. The van der Waals surface area contributed by atoms with Gasteiger partial charge in [-0.25, -0.2) is 0 Å². The van der Waals surface area contributed by atoms with Crippen LogP contribution in [0.1, 0.15) is 21.6 Å². The second-order valence-electron chi connectivity index (χ2n) is 3.66. The molecule has 0 aromatic carbocycles. The highest BCUT2D eigenvalue weighted by Gasteiger charge is 2.20. The van der Waals surface area contributed by atoms with Crippen LogP contribution in [0.5, 0.6) is 0 Å². The number of nitrogens with zero attached hydrogens (tertiary/aromatic N) is 1. The van der Waals surface area contributed by atoms with E-state index in [9.17, 15) is 4.79 Å². The zero-order valence-electron chi connectivity index (χ0n) is 9.20. The number of fused-ring (bicyclic) bond motifs is 1. The molecule has 2 heterocycles. The first-order valence-corrected chi connectivity index (χ1v) is 4.81. The molecule has 2 aromatic rings. The van der Waals surface area contributed by atoms with Gasteiger partial charge in [0.15, 0.2) is 6.20 Å². The molecule has 84 valence electrons. The van der Waals surface area contributed by atoms with Crippen LogP contribution in [0.3, 0.4) is 0 Å². The number of halogens is 1. The Hall–Kier alpha value is -1.61. The Labute approximate surface area is 100 Å². The summed E-state index contributed by atoms with van der Waals surface area (Å²) in [5.41, 5.74) is 8.95. The third-order valence-electron chi connectivity index (χ3n) is 2.68. The van der Waals surface area contributed by atoms with Crippen LogP contribution >= 0.6 is 0 Å². The molecule has 0 saturated heterocycles. The maximum Gasteiger partial charge on any atom is 0.314 e. The SMILES string of the molecule is Cc1cc2cccc[n+]2c(C(N)=O)c1C.[Cl-]. The van der Waals surface area contributed by atoms with Crippen molar-refractivity contribution >= 4 is 11.4 Å². The molecule has 0 radical (unpaired) electrons. The quantitative estimate of drug-likeness (QED) is 0.581. The number of carbonyl (C=O) groups excluding carboxylic acids is 1. The fraction of sp³-hybridized carbons (Fsp3) is 0.167. The topological polar surface area (TPSA) is 47.2 Å². The maximum atomic E-state index is 11.4. The van der Waals surface area contributed by atoms with E-state index in [0.29, 0.717) is 5.69 Å². The molecule has 2 rings (SSSR count). The summed E-state index contributed by atoms with van der Waals surface area (Å²) in [6, 6.07) is 7.82. The number of hydrogen-bond donors (Lipinski definition) is 1. The molecular weight excluding hydrogens is 224 g/mol. The number of primary amides is 1. The van der Waals surface area contributed by atoms with E-state index in [1.165, 1.54) is 0 Å². The summed E-state index contributed by atoms with van der Waals surface area (Å²) < 4.78 is 1.82. The average Bonchev–Trinajstić information content (AvgIpc) is 2.19. The zero-order chi connectivity index (χ0) is 11.0. The molecule has 0 aliphatic heterocycles. The Balaban J connectivity index is 0.00000128. The van der Waals surface area contributed by atoms with Gasteiger partial charge in [-0.05, 0) is 25.5 Å². The second kappa shape index (κ2) is 4.49. The number of carbonyl (C=O) groups is 1. The van der Waals surface area contributed by atoms with Crippen LogP contribution in [-0.4, -0.2) is 5.91 Å². The van der Waals surface area contributed by atoms with E-state index in [1.54, 1.807) is 0 Å². The minimum absolute atomic E-state index is 0. The molecule has 2 N–H and O–H groups in total. The van der Waals surface area contributed by atoms with E-state index >= 15 is 0 Å². The molecule has 0 spiro atoms. The van der Waals surface area contributed by atoms with Crippen molar-refractivity contribution in [2.75, 3.05) is 0 Å². The minimum atomic E-state index is -0.391. The van der Waals surface area contributed by atoms with E-state index < -0.39 is 5.91 Å². The highest BCUT2D eigenvalue weighted by atomic mass is 35.5. The molecule has 0 fully saturated rings. The molecule has 0 atom stereocenters. The van der Waals surface area contributed by atoms with Crippen molar-refractivity contribution in [2.24, 2.45) is 5.73 Å². The highest BCUT2D eigenvalue weighted by molar-refractivity contribution is 5.91. The van der Waals surface area contributed by atoms with Crippen molar-refractivity contribution in [3.05, 3.63) is 47.3 Å². The number of aryl methyl sites for hydroxylation is 1. The van der Waals surface area contributed by atoms with Crippen LogP contribution < -0.4 is 22.5 Å². The van der Waals surface area contributed by atoms with Crippen molar-refractivity contribution in [3.8, 4) is 0 Å². The molecule has 0 saturated carbocycles. The van der Waals surface area contributed by atoms with Gasteiger partial charge in [0, 0.05) is 23.8 Å². The van der Waals surface area contributed by atoms with Crippen LogP contribution in [0.2, 0.25) is 0 Å². The standard InChI is InChI=1S/C12H12N2O.ClH/c1-8-7-10-5-3-4-6-14(10)11(9(8)2)12(13)15;/h3-7H,1-2H3,(H-,13,15);1H. The van der Waals surface area contributed by atoms with E-state index in [-0.39, 0.29) is 12.4 Å². The third-order valence-corrected chi connectivity index (χ3v) is 2.68. The number of aromatic nitrogens is 1. The fourth-order valence-corrected chi connectivity index (χ4v) is 1.78. The molecule has 0 bridgehead atoms. The molecule has 16 heavy (non-hydrogen) atoms. The van der Waals surface area contributed by atoms with Crippen LogP contribution in [0, 0.1) is 13.8 Å². The Morgan fingerprint density at radius 3 is 2.62 bits per heavy atom. The van der Waals surface area contributed by atoms with E-state index in [0.717, 1.165) is 16.6 Å². The molecule has 0 aliphatic rings. The first kappa shape index (κ1) is 12.5. The Morgan fingerprint density at radius 1 is 1.31 bits per heavy atom. The van der Waals surface area contributed by atoms with Crippen molar-refractivity contribution in [2.45, 2.75) is 13.8 Å². The smallest absolute Gasteiger partial charge is 0.314 e. The van der Waals surface area contributed by atoms with Crippen LogP contribution in [0.4, 0.5) is 0 Å². The first-order valence-electron chi connectivity index (χ1n) is 4.81. The first-order chi connectivity index (χ1) is 7.11. The fourth-order valence-electron chi connectivity index (χ4n) is 1.78. The minimum Gasteiger partial charge on any atom is -1.00 e. The Morgan fingerprint density at radius 2 is 2.00 bits per heavy atom. The molecule has 4 heteroatoms. The predicted octanol–water partition coefficient (Wildman–Crippen LogP) is -1.85. The van der Waals surface area contributed by atoms with Gasteiger partial charge in [-0.3, -0.25) is 4.79 Å². The van der Waals surface area contributed by atoms with Gasteiger partial charge in [-0.2, -0.15) is 4.40 Å². The van der Waals surface area contributed by atoms with Gasteiger partial charge in [0.2, 0.25) is 5.52 Å². The van der Waals surface area contributed by atoms with Crippen molar-refractivity contribution < 1.29 is 21.6 Å². The van der Waals surface area contributed by atoms with Gasteiger partial charge in [0.05, 0.1) is 0 Å². The van der Waals surface area contributed by atoms with Gasteiger partial charge in [-0.1, -0.05) is 0 Å². The normalized spacial score (nSPS) is 9.88. The molecular formula is C12H13ClN2O. The molecule has 3 nitrogen and oxygen atoms in total. The van der Waals surface area contributed by atoms with E-state index in [2.05, 4.69) is 0 Å². The van der Waals surface area contributed by atoms with Crippen LogP contribution in [-0.2, 0) is 0 Å². The summed E-state index contributed by atoms with van der Waals surface area (Å²) in [4.78, 5) is 11.4. The molecule has 0 unspecified atom stereocenters. The predicted molar refractivity (Wildman–Crippen MR) is 57.6 cm³/mol. The summed E-state index contributed by atoms with van der Waals surface area (Å²) in [6.07, 6.45) is 1.85. The number of nitrogens with two attached hydrogens (primary N) is 1. The van der Waals surface area contributed by atoms with Crippen molar-refractivity contribution in [1.29, 1.82) is 0 Å². The lowest BCUT2D eigenvalue weighted by molar-refractivity contribution is -0.515. The summed E-state index contributed by atoms with van der Waals surface area (Å²) in [5, 5.41) is 0. The molecule has 1 amide bonds. The summed E-state index contributed by atoms with van der Waals surface area (Å²) in [7, 11) is 0. The third kappa shape index (κ3) is 1.86. The lowest BCUT2D eigenvalue weighted by Crippen LogP contribution is -3.00. The second-order valence-corrected chi connectivity index (χ2v) is 3.66. The monoisotopic (exact) mass is 236 g/mol. The van der Waals surface area contributed by atoms with Crippen molar-refractivity contribution in [3.63, 3.8) is 0 Å². The van der Waals surface area contributed by atoms with Gasteiger partial charge in [0.25, 0.3) is 5.69 Å². The largest absolute Gasteiger partial charge is 1.00 e. The highest BCUT2D eigenvalue weighted by Crippen LogP contribution is 2.11. The molecule has 0 aliphatic carbocycles. The van der Waals surface area contributed by atoms with Gasteiger partial charge in [-0.15, -0.1) is 0 Å². The lowest BCUT2D eigenvalue weighted by Gasteiger charge is -2.03. The summed E-state index contributed by atoms with van der Waals surface area (Å²) in [6.45, 7) is 3.89.